The minimum Gasteiger partial charge on any atom is -0.504 e. The Labute approximate surface area is 104 Å². The molecule has 17 heavy (non-hydrogen) atoms. The van der Waals surface area contributed by atoms with Crippen molar-refractivity contribution in [1.29, 1.82) is 0 Å². The third-order valence-electron chi connectivity index (χ3n) is 3.01. The molecule has 1 unspecified atom stereocenters. The summed E-state index contributed by atoms with van der Waals surface area (Å²) in [5, 5.41) is 10.1. The van der Waals surface area contributed by atoms with Gasteiger partial charge in [0.1, 0.15) is 0 Å². The SMILES string of the molecule is CC/C=C\CC(CC)c1cccc(OC)c1O. The van der Waals surface area contributed by atoms with Crippen molar-refractivity contribution in [3.05, 3.63) is 35.9 Å². The number of para-hydroxylation sites is 1. The normalized spacial score (nSPS) is 12.9. The van der Waals surface area contributed by atoms with Gasteiger partial charge in [-0.25, -0.2) is 0 Å². The summed E-state index contributed by atoms with van der Waals surface area (Å²) in [4.78, 5) is 0. The Kier molecular flexibility index (Phi) is 5.61. The summed E-state index contributed by atoms with van der Waals surface area (Å²) in [6.45, 7) is 4.27. The van der Waals surface area contributed by atoms with Crippen LogP contribution in [0.3, 0.4) is 0 Å². The number of phenols is 1. The van der Waals surface area contributed by atoms with Gasteiger partial charge in [0.2, 0.25) is 0 Å². The molecule has 1 aromatic rings. The van der Waals surface area contributed by atoms with Crippen molar-refractivity contribution in [2.75, 3.05) is 7.11 Å². The number of allylic oxidation sites excluding steroid dienone is 2. The van der Waals surface area contributed by atoms with E-state index in [1.165, 1.54) is 0 Å². The number of hydrogen-bond donors (Lipinski definition) is 1. The van der Waals surface area contributed by atoms with Crippen LogP contribution in [0.25, 0.3) is 0 Å². The molecule has 0 aromatic heterocycles. The van der Waals surface area contributed by atoms with Crippen LogP contribution in [0.4, 0.5) is 0 Å². The van der Waals surface area contributed by atoms with E-state index in [1.54, 1.807) is 13.2 Å². The molecular formula is C15H22O2. The fourth-order valence-electron chi connectivity index (χ4n) is 1.97. The number of phenolic OH excluding ortho intramolecular Hbond substituents is 1. The maximum atomic E-state index is 10.1. The Morgan fingerprint density at radius 3 is 2.65 bits per heavy atom. The van der Waals surface area contributed by atoms with Crippen LogP contribution >= 0.6 is 0 Å². The van der Waals surface area contributed by atoms with E-state index in [1.807, 2.05) is 12.1 Å². The van der Waals surface area contributed by atoms with Gasteiger partial charge in [-0.2, -0.15) is 0 Å². The molecule has 0 fully saturated rings. The minimum absolute atomic E-state index is 0.284. The summed E-state index contributed by atoms with van der Waals surface area (Å²) in [5.41, 5.74) is 0.979. The molecule has 2 nitrogen and oxygen atoms in total. The zero-order valence-electron chi connectivity index (χ0n) is 10.9. The first-order valence-electron chi connectivity index (χ1n) is 6.25. The highest BCUT2D eigenvalue weighted by atomic mass is 16.5. The van der Waals surface area contributed by atoms with Gasteiger partial charge < -0.3 is 9.84 Å². The molecule has 0 bridgehead atoms. The van der Waals surface area contributed by atoms with Gasteiger partial charge in [-0.3, -0.25) is 0 Å². The van der Waals surface area contributed by atoms with Crippen LogP contribution in [-0.2, 0) is 0 Å². The first-order valence-corrected chi connectivity index (χ1v) is 6.25. The summed E-state index contributed by atoms with van der Waals surface area (Å²) < 4.78 is 5.14. The third kappa shape index (κ3) is 3.52. The quantitative estimate of drug-likeness (QED) is 0.745. The van der Waals surface area contributed by atoms with Crippen LogP contribution in [0.15, 0.2) is 30.4 Å². The minimum atomic E-state index is 0.284. The maximum Gasteiger partial charge on any atom is 0.161 e. The van der Waals surface area contributed by atoms with Gasteiger partial charge in [0.15, 0.2) is 11.5 Å². The number of ether oxygens (including phenoxy) is 1. The van der Waals surface area contributed by atoms with Crippen molar-refractivity contribution in [3.63, 3.8) is 0 Å². The zero-order chi connectivity index (χ0) is 12.7. The van der Waals surface area contributed by atoms with E-state index >= 15 is 0 Å². The largest absolute Gasteiger partial charge is 0.504 e. The lowest BCUT2D eigenvalue weighted by molar-refractivity contribution is 0.368. The first-order chi connectivity index (χ1) is 8.24. The van der Waals surface area contributed by atoms with Gasteiger partial charge in [0, 0.05) is 5.56 Å². The molecule has 0 aliphatic heterocycles. The monoisotopic (exact) mass is 234 g/mol. The molecule has 0 spiro atoms. The van der Waals surface area contributed by atoms with Crippen LogP contribution in [0, 0.1) is 0 Å². The van der Waals surface area contributed by atoms with E-state index in [4.69, 9.17) is 4.74 Å². The fourth-order valence-corrected chi connectivity index (χ4v) is 1.97. The summed E-state index contributed by atoms with van der Waals surface area (Å²) in [6.07, 6.45) is 7.38. The highest BCUT2D eigenvalue weighted by molar-refractivity contribution is 5.47. The molecule has 0 heterocycles. The van der Waals surface area contributed by atoms with Crippen LogP contribution in [0.2, 0.25) is 0 Å². The third-order valence-corrected chi connectivity index (χ3v) is 3.01. The van der Waals surface area contributed by atoms with E-state index in [-0.39, 0.29) is 5.75 Å². The Morgan fingerprint density at radius 1 is 1.29 bits per heavy atom. The van der Waals surface area contributed by atoms with E-state index < -0.39 is 0 Å². The number of aromatic hydroxyl groups is 1. The molecule has 94 valence electrons. The molecule has 0 saturated carbocycles. The second-order valence-electron chi connectivity index (χ2n) is 4.12. The van der Waals surface area contributed by atoms with Gasteiger partial charge in [-0.1, -0.05) is 38.1 Å². The molecule has 0 radical (unpaired) electrons. The van der Waals surface area contributed by atoms with E-state index in [0.29, 0.717) is 11.7 Å². The number of hydrogen-bond acceptors (Lipinski definition) is 2. The average Bonchev–Trinajstić information content (AvgIpc) is 2.36. The predicted molar refractivity (Wildman–Crippen MR) is 71.7 cm³/mol. The van der Waals surface area contributed by atoms with Crippen molar-refractivity contribution in [3.8, 4) is 11.5 Å². The topological polar surface area (TPSA) is 29.5 Å². The van der Waals surface area contributed by atoms with E-state index in [2.05, 4.69) is 26.0 Å². The number of rotatable bonds is 6. The molecule has 1 aromatic carbocycles. The summed E-state index contributed by atoms with van der Waals surface area (Å²) in [6, 6.07) is 5.69. The van der Waals surface area contributed by atoms with Crippen LogP contribution in [-0.4, -0.2) is 12.2 Å². The van der Waals surface area contributed by atoms with Crippen molar-refractivity contribution in [2.45, 2.75) is 39.0 Å². The van der Waals surface area contributed by atoms with E-state index in [9.17, 15) is 5.11 Å². The van der Waals surface area contributed by atoms with E-state index in [0.717, 1.165) is 24.8 Å². The average molecular weight is 234 g/mol. The Hall–Kier alpha value is -1.44. The number of methoxy groups -OCH3 is 1. The summed E-state index contributed by atoms with van der Waals surface area (Å²) in [7, 11) is 1.58. The Morgan fingerprint density at radius 2 is 2.06 bits per heavy atom. The molecule has 1 rings (SSSR count). The van der Waals surface area contributed by atoms with Crippen molar-refractivity contribution in [1.82, 2.24) is 0 Å². The summed E-state index contributed by atoms with van der Waals surface area (Å²) >= 11 is 0. The Bertz CT molecular complexity index is 369. The second kappa shape index (κ2) is 7.00. The summed E-state index contributed by atoms with van der Waals surface area (Å²) in [5.74, 6) is 1.19. The lowest BCUT2D eigenvalue weighted by Gasteiger charge is -2.16. The number of benzene rings is 1. The lowest BCUT2D eigenvalue weighted by Crippen LogP contribution is -1.97. The maximum absolute atomic E-state index is 10.1. The molecule has 1 atom stereocenters. The highest BCUT2D eigenvalue weighted by Gasteiger charge is 2.15. The van der Waals surface area contributed by atoms with Crippen LogP contribution < -0.4 is 4.74 Å². The molecule has 0 aliphatic rings. The Balaban J connectivity index is 2.91. The lowest BCUT2D eigenvalue weighted by atomic mass is 9.92. The predicted octanol–water partition coefficient (Wildman–Crippen LogP) is 4.25. The van der Waals surface area contributed by atoms with Crippen LogP contribution in [0.5, 0.6) is 11.5 Å². The van der Waals surface area contributed by atoms with Gasteiger partial charge in [0.05, 0.1) is 7.11 Å². The standard InChI is InChI=1S/C15H22O2/c1-4-6-7-9-12(5-2)13-10-8-11-14(17-3)15(13)16/h6-8,10-12,16H,4-5,9H2,1-3H3/b7-6-. The molecule has 2 heteroatoms. The van der Waals surface area contributed by atoms with Crippen molar-refractivity contribution >= 4 is 0 Å². The fraction of sp³-hybridized carbons (Fsp3) is 0.467. The van der Waals surface area contributed by atoms with Gasteiger partial charge >= 0.3 is 0 Å². The van der Waals surface area contributed by atoms with Crippen molar-refractivity contribution in [2.24, 2.45) is 0 Å². The van der Waals surface area contributed by atoms with Gasteiger partial charge in [0.25, 0.3) is 0 Å². The zero-order valence-corrected chi connectivity index (χ0v) is 10.9. The molecule has 0 saturated heterocycles. The van der Waals surface area contributed by atoms with Crippen molar-refractivity contribution < 1.29 is 9.84 Å². The highest BCUT2D eigenvalue weighted by Crippen LogP contribution is 2.37. The second-order valence-corrected chi connectivity index (χ2v) is 4.12. The van der Waals surface area contributed by atoms with Crippen LogP contribution in [0.1, 0.15) is 44.6 Å². The molecular weight excluding hydrogens is 212 g/mol. The van der Waals surface area contributed by atoms with Gasteiger partial charge in [-0.15, -0.1) is 0 Å². The first kappa shape index (κ1) is 13.6. The molecule has 0 amide bonds. The smallest absolute Gasteiger partial charge is 0.161 e. The molecule has 0 aliphatic carbocycles. The van der Waals surface area contributed by atoms with Gasteiger partial charge in [-0.05, 0) is 31.2 Å². The molecule has 1 N–H and O–H groups in total.